The van der Waals surface area contributed by atoms with E-state index in [1.807, 2.05) is 26.0 Å². The molecule has 33 heavy (non-hydrogen) atoms. The van der Waals surface area contributed by atoms with E-state index in [9.17, 15) is 18.7 Å². The Hall–Kier alpha value is -2.25. The van der Waals surface area contributed by atoms with Crippen LogP contribution >= 0.6 is 0 Å². The topological polar surface area (TPSA) is 65.0 Å². The molecule has 2 rings (SSSR count). The van der Waals surface area contributed by atoms with Gasteiger partial charge >= 0.3 is 5.97 Å². The second-order valence-electron chi connectivity index (χ2n) is 8.68. The van der Waals surface area contributed by atoms with Crippen LogP contribution in [0, 0.1) is 11.8 Å². The van der Waals surface area contributed by atoms with Crippen molar-refractivity contribution in [3.63, 3.8) is 0 Å². The van der Waals surface area contributed by atoms with Crippen LogP contribution in [0.2, 0.25) is 0 Å². The zero-order valence-corrected chi connectivity index (χ0v) is 19.7. The summed E-state index contributed by atoms with van der Waals surface area (Å²) in [5.74, 6) is -3.55. The lowest BCUT2D eigenvalue weighted by Crippen LogP contribution is -2.25. The van der Waals surface area contributed by atoms with Crippen LogP contribution < -0.4 is 4.74 Å². The van der Waals surface area contributed by atoms with Crippen LogP contribution in [0.25, 0.3) is 0 Å². The molecular formula is C26H36F2O5. The molecule has 1 aromatic rings. The number of rotatable bonds is 13. The Morgan fingerprint density at radius 2 is 1.97 bits per heavy atom. The number of benzene rings is 1. The molecule has 1 N–H and O–H groups in total. The number of allylic oxidation sites excluding steroid dienone is 2. The smallest absolute Gasteiger partial charge is 0.306 e. The number of aliphatic hydroxyl groups is 1. The fourth-order valence-electron chi connectivity index (χ4n) is 4.01. The minimum atomic E-state index is -3.16. The number of alkyl halides is 2. The summed E-state index contributed by atoms with van der Waals surface area (Å²) in [4.78, 5) is 11.6. The molecule has 0 saturated heterocycles. The van der Waals surface area contributed by atoms with Crippen LogP contribution in [-0.4, -0.2) is 49.0 Å². The van der Waals surface area contributed by atoms with E-state index in [0.717, 1.165) is 12.5 Å². The molecule has 184 valence electrons. The number of hydrogen-bond donors (Lipinski definition) is 1. The monoisotopic (exact) mass is 466 g/mol. The van der Waals surface area contributed by atoms with Crippen molar-refractivity contribution in [1.29, 1.82) is 0 Å². The molecule has 1 saturated carbocycles. The summed E-state index contributed by atoms with van der Waals surface area (Å²) in [5, 5.41) is 10.5. The Bertz CT molecular complexity index is 763. The van der Waals surface area contributed by atoms with Gasteiger partial charge in [-0.2, -0.15) is 8.78 Å². The van der Waals surface area contributed by atoms with Crippen molar-refractivity contribution in [3.05, 3.63) is 54.6 Å². The van der Waals surface area contributed by atoms with Crippen LogP contribution in [0.15, 0.2) is 54.6 Å². The first-order valence-corrected chi connectivity index (χ1v) is 11.5. The molecule has 0 amide bonds. The third-order valence-electron chi connectivity index (χ3n) is 5.62. The maximum atomic E-state index is 14.4. The van der Waals surface area contributed by atoms with E-state index < -0.39 is 24.6 Å². The first kappa shape index (κ1) is 27.0. The molecule has 7 heteroatoms. The molecule has 1 aliphatic carbocycles. The molecule has 0 aliphatic heterocycles. The first-order valence-electron chi connectivity index (χ1n) is 11.5. The summed E-state index contributed by atoms with van der Waals surface area (Å²) in [6, 6.07) is 8.48. The number of hydrogen-bond acceptors (Lipinski definition) is 5. The molecule has 0 aromatic heterocycles. The molecule has 4 atom stereocenters. The van der Waals surface area contributed by atoms with Crippen molar-refractivity contribution in [2.75, 3.05) is 13.7 Å². The molecular weight excluding hydrogens is 430 g/mol. The predicted molar refractivity (Wildman–Crippen MR) is 123 cm³/mol. The fraction of sp³-hybridized carbons (Fsp3) is 0.577. The van der Waals surface area contributed by atoms with E-state index in [0.29, 0.717) is 31.4 Å². The minimum absolute atomic E-state index is 0.116. The average molecular weight is 467 g/mol. The van der Waals surface area contributed by atoms with Crippen molar-refractivity contribution in [2.45, 2.75) is 70.2 Å². The summed E-state index contributed by atoms with van der Waals surface area (Å²) in [6.45, 7) is 2.86. The molecule has 0 heterocycles. The quantitative estimate of drug-likeness (QED) is 0.242. The van der Waals surface area contributed by atoms with E-state index in [1.54, 1.807) is 37.4 Å². The van der Waals surface area contributed by atoms with Gasteiger partial charge in [-0.05, 0) is 57.2 Å². The van der Waals surface area contributed by atoms with Crippen LogP contribution in [0.1, 0.15) is 46.0 Å². The van der Waals surface area contributed by atoms with Gasteiger partial charge in [0.1, 0.15) is 5.75 Å². The number of methoxy groups -OCH3 is 1. The van der Waals surface area contributed by atoms with Gasteiger partial charge in [-0.3, -0.25) is 4.79 Å². The van der Waals surface area contributed by atoms with E-state index in [1.165, 1.54) is 6.08 Å². The molecule has 0 unspecified atom stereocenters. The average Bonchev–Trinajstić information content (AvgIpc) is 3.08. The summed E-state index contributed by atoms with van der Waals surface area (Å²) < 4.78 is 44.5. The highest BCUT2D eigenvalue weighted by Crippen LogP contribution is 2.38. The number of carbonyl (C=O) groups is 1. The molecule has 0 radical (unpaired) electrons. The Labute approximate surface area is 195 Å². The predicted octanol–water partition coefficient (Wildman–Crippen LogP) is 5.34. The lowest BCUT2D eigenvalue weighted by molar-refractivity contribution is -0.147. The van der Waals surface area contributed by atoms with Crippen molar-refractivity contribution in [2.24, 2.45) is 11.8 Å². The van der Waals surface area contributed by atoms with E-state index in [2.05, 4.69) is 0 Å². The Balaban J connectivity index is 1.88. The van der Waals surface area contributed by atoms with Gasteiger partial charge in [-0.15, -0.1) is 0 Å². The Morgan fingerprint density at radius 3 is 2.64 bits per heavy atom. The number of ether oxygens (including phenoxy) is 3. The van der Waals surface area contributed by atoms with E-state index in [4.69, 9.17) is 14.2 Å². The SMILES string of the molecule is CO[C@H]1C[C@@H](O)[C@H](/C=C/C(F)(F)COc2ccccc2)[C@H]1C/C=C\CCCC(=O)OC(C)C. The lowest BCUT2D eigenvalue weighted by atomic mass is 9.89. The molecule has 0 bridgehead atoms. The normalized spacial score (nSPS) is 23.6. The molecule has 5 nitrogen and oxygen atoms in total. The van der Waals surface area contributed by atoms with Crippen molar-refractivity contribution in [3.8, 4) is 5.75 Å². The third-order valence-corrected chi connectivity index (χ3v) is 5.62. The maximum absolute atomic E-state index is 14.4. The van der Waals surface area contributed by atoms with Crippen molar-refractivity contribution >= 4 is 5.97 Å². The van der Waals surface area contributed by atoms with Gasteiger partial charge < -0.3 is 19.3 Å². The van der Waals surface area contributed by atoms with E-state index >= 15 is 0 Å². The second kappa shape index (κ2) is 13.5. The molecule has 1 aliphatic rings. The number of unbranched alkanes of at least 4 members (excludes halogenated alkanes) is 1. The number of carbonyl (C=O) groups excluding carboxylic acids is 1. The number of halogens is 2. The summed E-state index contributed by atoms with van der Waals surface area (Å²) in [6.07, 6.45) is 7.85. The summed E-state index contributed by atoms with van der Waals surface area (Å²) >= 11 is 0. The zero-order chi connectivity index (χ0) is 24.3. The van der Waals surface area contributed by atoms with Crippen molar-refractivity contribution in [1.82, 2.24) is 0 Å². The highest BCUT2D eigenvalue weighted by molar-refractivity contribution is 5.69. The zero-order valence-electron chi connectivity index (χ0n) is 19.7. The number of aliphatic hydroxyl groups excluding tert-OH is 1. The minimum Gasteiger partial charge on any atom is -0.487 e. The van der Waals surface area contributed by atoms with E-state index in [-0.39, 0.29) is 24.1 Å². The van der Waals surface area contributed by atoms with Gasteiger partial charge in [0.05, 0.1) is 18.3 Å². The highest BCUT2D eigenvalue weighted by atomic mass is 19.3. The van der Waals surface area contributed by atoms with Gasteiger partial charge in [0, 0.05) is 25.9 Å². The summed E-state index contributed by atoms with van der Waals surface area (Å²) in [7, 11) is 1.57. The van der Waals surface area contributed by atoms with Crippen LogP contribution in [0.4, 0.5) is 8.78 Å². The standard InChI is InChI=1S/C26H36F2O5/c1-19(2)33-25(30)14-10-5-4-9-13-22-21(23(29)17-24(22)31-3)15-16-26(27,28)18-32-20-11-7-6-8-12-20/h4,6-9,11-12,15-16,19,21-24,29H,5,10,13-14,17-18H2,1-3H3/b9-4-,16-15+/t21-,22-,23-,24+/m1/s1. The maximum Gasteiger partial charge on any atom is 0.306 e. The fourth-order valence-corrected chi connectivity index (χ4v) is 4.01. The third kappa shape index (κ3) is 9.64. The van der Waals surface area contributed by atoms with Crippen molar-refractivity contribution < 1.29 is 32.9 Å². The van der Waals surface area contributed by atoms with Crippen LogP contribution in [-0.2, 0) is 14.3 Å². The first-order chi connectivity index (χ1) is 15.7. The van der Waals surface area contributed by atoms with Gasteiger partial charge in [0.15, 0.2) is 6.61 Å². The Morgan fingerprint density at radius 1 is 1.24 bits per heavy atom. The molecule has 0 spiro atoms. The molecule has 1 fully saturated rings. The Kier molecular flexibility index (Phi) is 11.0. The van der Waals surface area contributed by atoms with Crippen LogP contribution in [0.5, 0.6) is 5.75 Å². The van der Waals surface area contributed by atoms with Gasteiger partial charge in [0.2, 0.25) is 0 Å². The van der Waals surface area contributed by atoms with Gasteiger partial charge in [-0.25, -0.2) is 0 Å². The lowest BCUT2D eigenvalue weighted by Gasteiger charge is -2.22. The summed E-state index contributed by atoms with van der Waals surface area (Å²) in [5.41, 5.74) is 0. The highest BCUT2D eigenvalue weighted by Gasteiger charge is 2.41. The second-order valence-corrected chi connectivity index (χ2v) is 8.68. The van der Waals surface area contributed by atoms with Gasteiger partial charge in [-0.1, -0.05) is 36.4 Å². The number of para-hydroxylation sites is 1. The largest absolute Gasteiger partial charge is 0.487 e. The number of esters is 1. The van der Waals surface area contributed by atoms with Gasteiger partial charge in [0.25, 0.3) is 5.92 Å². The van der Waals surface area contributed by atoms with Crippen LogP contribution in [0.3, 0.4) is 0 Å². The molecule has 1 aromatic carbocycles.